The average Bonchev–Trinajstić information content (AvgIpc) is 2.87. The molecule has 2 heterocycles. The Bertz CT molecular complexity index is 881. The molecule has 1 fully saturated rings. The molecule has 178 valence electrons. The molecule has 1 saturated heterocycles. The maximum Gasteiger partial charge on any atom is 0.330 e. The molecule has 1 aromatic rings. The molecule has 0 radical (unpaired) electrons. The fourth-order valence-corrected chi connectivity index (χ4v) is 5.16. The maximum atomic E-state index is 12.5. The van der Waals surface area contributed by atoms with Crippen molar-refractivity contribution < 1.29 is 18.7 Å². The van der Waals surface area contributed by atoms with Crippen LogP contribution in [-0.2, 0) is 13.6 Å². The molecule has 10 heteroatoms. The number of nitrogens with zero attached hydrogens (tertiary/aromatic N) is 1. The van der Waals surface area contributed by atoms with E-state index in [1.54, 1.807) is 0 Å². The topological polar surface area (TPSA) is 103 Å². The van der Waals surface area contributed by atoms with Crippen molar-refractivity contribution in [2.75, 3.05) is 6.61 Å². The molecule has 4 atom stereocenters. The summed E-state index contributed by atoms with van der Waals surface area (Å²) in [4.78, 5) is 26.3. The summed E-state index contributed by atoms with van der Waals surface area (Å²) < 4.78 is 20.2. The number of aliphatic hydroxyl groups excluding tert-OH is 1. The lowest BCUT2D eigenvalue weighted by atomic mass is 10.1. The Morgan fingerprint density at radius 2 is 1.61 bits per heavy atom. The highest BCUT2D eigenvalue weighted by atomic mass is 28.4. The molecule has 8 nitrogen and oxygen atoms in total. The van der Waals surface area contributed by atoms with Gasteiger partial charge in [0, 0.05) is 12.3 Å². The van der Waals surface area contributed by atoms with Crippen LogP contribution >= 0.6 is 0 Å². The van der Waals surface area contributed by atoms with Crippen LogP contribution in [0.1, 0.15) is 47.8 Å². The van der Waals surface area contributed by atoms with E-state index in [0.29, 0.717) is 0 Å². The van der Waals surface area contributed by atoms with E-state index in [9.17, 15) is 14.7 Å². The lowest BCUT2D eigenvalue weighted by Crippen LogP contribution is -2.50. The fourth-order valence-electron chi connectivity index (χ4n) is 2.86. The van der Waals surface area contributed by atoms with Crippen molar-refractivity contribution in [1.82, 2.24) is 9.55 Å². The molecule has 4 unspecified atom stereocenters. The van der Waals surface area contributed by atoms with Gasteiger partial charge in [-0.15, -0.1) is 0 Å². The summed E-state index contributed by atoms with van der Waals surface area (Å²) in [6.07, 6.45) is -1.84. The first-order chi connectivity index (χ1) is 13.9. The van der Waals surface area contributed by atoms with E-state index in [0.717, 1.165) is 0 Å². The molecule has 0 aromatic carbocycles. The highest BCUT2D eigenvalue weighted by Gasteiger charge is 2.51. The second-order valence-corrected chi connectivity index (χ2v) is 21.1. The molecular formula is C21H40N2O6Si2. The fraction of sp³-hybridized carbons (Fsp3) is 0.810. The molecule has 31 heavy (non-hydrogen) atoms. The SMILES string of the molecule is CC(C)(C)[Si](C)(C)OCC1OC(n2ccc(=O)[nH]c2=O)C(O[Si](C)(C)C(C)(C)C)C1O. The molecule has 2 rings (SSSR count). The van der Waals surface area contributed by atoms with Crippen molar-refractivity contribution in [3.63, 3.8) is 0 Å². The van der Waals surface area contributed by atoms with E-state index in [1.807, 2.05) is 0 Å². The summed E-state index contributed by atoms with van der Waals surface area (Å²) >= 11 is 0. The summed E-state index contributed by atoms with van der Waals surface area (Å²) in [6.45, 7) is 21.5. The highest BCUT2D eigenvalue weighted by molar-refractivity contribution is 6.74. The minimum atomic E-state index is -2.29. The number of aliphatic hydroxyl groups is 1. The highest BCUT2D eigenvalue weighted by Crippen LogP contribution is 2.42. The van der Waals surface area contributed by atoms with Gasteiger partial charge in [0.25, 0.3) is 5.56 Å². The largest absolute Gasteiger partial charge is 0.414 e. The van der Waals surface area contributed by atoms with Gasteiger partial charge in [0.15, 0.2) is 22.9 Å². The summed E-state index contributed by atoms with van der Waals surface area (Å²) in [6, 6.07) is 1.26. The molecule has 2 N–H and O–H groups in total. The van der Waals surface area contributed by atoms with Crippen LogP contribution in [0.25, 0.3) is 0 Å². The molecule has 0 bridgehead atoms. The lowest BCUT2D eigenvalue weighted by molar-refractivity contribution is -0.0514. The van der Waals surface area contributed by atoms with Gasteiger partial charge in [-0.3, -0.25) is 14.3 Å². The zero-order chi connectivity index (χ0) is 24.0. The molecule has 0 amide bonds. The Morgan fingerprint density at radius 3 is 2.10 bits per heavy atom. The number of aromatic amines is 1. The normalized spacial score (nSPS) is 25.8. The number of rotatable bonds is 6. The van der Waals surface area contributed by atoms with Gasteiger partial charge in [-0.05, 0) is 36.3 Å². The van der Waals surface area contributed by atoms with Gasteiger partial charge >= 0.3 is 5.69 Å². The molecule has 0 saturated carbocycles. The van der Waals surface area contributed by atoms with E-state index in [-0.39, 0.29) is 16.7 Å². The van der Waals surface area contributed by atoms with E-state index in [4.69, 9.17) is 13.6 Å². The predicted octanol–water partition coefficient (Wildman–Crippen LogP) is 3.21. The van der Waals surface area contributed by atoms with Gasteiger partial charge in [-0.25, -0.2) is 4.79 Å². The monoisotopic (exact) mass is 472 g/mol. The first-order valence-corrected chi connectivity index (χ1v) is 16.7. The third kappa shape index (κ3) is 5.66. The van der Waals surface area contributed by atoms with Gasteiger partial charge in [-0.1, -0.05) is 41.5 Å². The van der Waals surface area contributed by atoms with Crippen LogP contribution < -0.4 is 11.2 Å². The van der Waals surface area contributed by atoms with Gasteiger partial charge in [0.2, 0.25) is 0 Å². The summed E-state index contributed by atoms with van der Waals surface area (Å²) in [5, 5.41) is 11.1. The molecule has 1 aromatic heterocycles. The number of hydrogen-bond donors (Lipinski definition) is 2. The third-order valence-electron chi connectivity index (χ3n) is 7.09. The number of nitrogens with one attached hydrogen (secondary N) is 1. The Labute approximate surface area is 187 Å². The maximum absolute atomic E-state index is 12.5. The Hall–Kier alpha value is -1.05. The predicted molar refractivity (Wildman–Crippen MR) is 126 cm³/mol. The molecule has 1 aliphatic rings. The molecule has 0 spiro atoms. The van der Waals surface area contributed by atoms with Crippen molar-refractivity contribution in [2.24, 2.45) is 0 Å². The van der Waals surface area contributed by atoms with Crippen molar-refractivity contribution in [3.8, 4) is 0 Å². The number of ether oxygens (including phenoxy) is 1. The van der Waals surface area contributed by atoms with Crippen molar-refractivity contribution in [1.29, 1.82) is 0 Å². The van der Waals surface area contributed by atoms with Gasteiger partial charge < -0.3 is 18.7 Å². The van der Waals surface area contributed by atoms with E-state index in [2.05, 4.69) is 72.7 Å². The Balaban J connectivity index is 2.37. The van der Waals surface area contributed by atoms with Crippen LogP contribution in [0, 0.1) is 0 Å². The van der Waals surface area contributed by atoms with Crippen molar-refractivity contribution in [2.45, 2.75) is 102 Å². The molecular weight excluding hydrogens is 432 g/mol. The summed E-state index contributed by atoms with van der Waals surface area (Å²) in [5.74, 6) is 0. The standard InChI is InChI=1S/C21H40N2O6Si2/c1-20(2,3)30(7,8)27-13-14-16(25)17(29-31(9,10)21(4,5)6)18(28-14)23-12-11-15(24)22-19(23)26/h11-12,14,16-18,25H,13H2,1-10H3,(H,22,24,26). The second kappa shape index (κ2) is 8.71. The Kier molecular flexibility index (Phi) is 7.37. The van der Waals surface area contributed by atoms with Crippen molar-refractivity contribution in [3.05, 3.63) is 33.1 Å². The lowest BCUT2D eigenvalue weighted by Gasteiger charge is -2.40. The van der Waals surface area contributed by atoms with Crippen LogP contribution in [0.4, 0.5) is 0 Å². The van der Waals surface area contributed by atoms with Crippen molar-refractivity contribution >= 4 is 16.6 Å². The van der Waals surface area contributed by atoms with Gasteiger partial charge in [0.05, 0.1) is 6.61 Å². The van der Waals surface area contributed by atoms with E-state index < -0.39 is 52.4 Å². The average molecular weight is 473 g/mol. The first kappa shape index (κ1) is 26.2. The smallest absolute Gasteiger partial charge is 0.330 e. The zero-order valence-electron chi connectivity index (χ0n) is 20.6. The van der Waals surface area contributed by atoms with E-state index in [1.165, 1.54) is 16.8 Å². The van der Waals surface area contributed by atoms with Crippen LogP contribution in [0.3, 0.4) is 0 Å². The first-order valence-electron chi connectivity index (χ1n) is 10.8. The van der Waals surface area contributed by atoms with Crippen LogP contribution in [-0.4, -0.2) is 56.2 Å². The molecule has 0 aliphatic carbocycles. The van der Waals surface area contributed by atoms with Gasteiger partial charge in [0.1, 0.15) is 18.3 Å². The van der Waals surface area contributed by atoms with Crippen LogP contribution in [0.2, 0.25) is 36.3 Å². The number of aromatic nitrogens is 2. The van der Waals surface area contributed by atoms with Gasteiger partial charge in [-0.2, -0.15) is 0 Å². The summed E-state index contributed by atoms with van der Waals surface area (Å²) in [5.41, 5.74) is -1.08. The number of hydrogen-bond acceptors (Lipinski definition) is 6. The third-order valence-corrected chi connectivity index (χ3v) is 16.1. The second-order valence-electron chi connectivity index (χ2n) is 11.5. The minimum absolute atomic E-state index is 0.0167. The van der Waals surface area contributed by atoms with Crippen LogP contribution in [0.15, 0.2) is 21.9 Å². The van der Waals surface area contributed by atoms with Crippen LogP contribution in [0.5, 0.6) is 0 Å². The molecule has 1 aliphatic heterocycles. The van der Waals surface area contributed by atoms with E-state index >= 15 is 0 Å². The minimum Gasteiger partial charge on any atom is -0.414 e. The quantitative estimate of drug-likeness (QED) is 0.616. The zero-order valence-corrected chi connectivity index (χ0v) is 22.6. The Morgan fingerprint density at radius 1 is 1.06 bits per heavy atom. The number of H-pyrrole nitrogens is 1. The summed E-state index contributed by atoms with van der Waals surface area (Å²) in [7, 11) is -4.35.